The van der Waals surface area contributed by atoms with Crippen LogP contribution in [0.2, 0.25) is 0 Å². The van der Waals surface area contributed by atoms with Crippen LogP contribution in [0, 0.1) is 5.82 Å². The average molecular weight is 339 g/mol. The molecule has 0 atom stereocenters. The SMILES string of the molecule is CCN(C)S(=O)(=O)c1cc(Br)cc(CNC)c1F. The molecule has 0 aliphatic carbocycles. The number of rotatable bonds is 5. The van der Waals surface area contributed by atoms with Crippen molar-refractivity contribution in [3.63, 3.8) is 0 Å². The minimum Gasteiger partial charge on any atom is -0.316 e. The summed E-state index contributed by atoms with van der Waals surface area (Å²) in [6.45, 7) is 2.25. The van der Waals surface area contributed by atoms with Crippen LogP contribution >= 0.6 is 15.9 Å². The molecule has 1 N–H and O–H groups in total. The van der Waals surface area contributed by atoms with Crippen LogP contribution in [-0.4, -0.2) is 33.4 Å². The molecule has 0 saturated heterocycles. The van der Waals surface area contributed by atoms with Gasteiger partial charge < -0.3 is 5.32 Å². The van der Waals surface area contributed by atoms with Crippen molar-refractivity contribution in [2.45, 2.75) is 18.4 Å². The quantitative estimate of drug-likeness (QED) is 0.892. The molecule has 0 bridgehead atoms. The molecule has 0 heterocycles. The average Bonchev–Trinajstić information content (AvgIpc) is 2.32. The van der Waals surface area contributed by atoms with Crippen molar-refractivity contribution in [2.24, 2.45) is 0 Å². The lowest BCUT2D eigenvalue weighted by Crippen LogP contribution is -2.27. The Morgan fingerprint density at radius 1 is 1.44 bits per heavy atom. The van der Waals surface area contributed by atoms with E-state index in [1.807, 2.05) is 0 Å². The van der Waals surface area contributed by atoms with Crippen molar-refractivity contribution < 1.29 is 12.8 Å². The number of sulfonamides is 1. The highest BCUT2D eigenvalue weighted by Gasteiger charge is 2.25. The van der Waals surface area contributed by atoms with Crippen LogP contribution in [0.3, 0.4) is 0 Å². The lowest BCUT2D eigenvalue weighted by Gasteiger charge is -2.17. The fourth-order valence-electron chi connectivity index (χ4n) is 1.46. The fraction of sp³-hybridized carbons (Fsp3) is 0.455. The maximum absolute atomic E-state index is 14.2. The highest BCUT2D eigenvalue weighted by atomic mass is 79.9. The molecule has 1 aromatic rings. The summed E-state index contributed by atoms with van der Waals surface area (Å²) in [7, 11) is -0.685. The van der Waals surface area contributed by atoms with Crippen molar-refractivity contribution in [3.05, 3.63) is 28.0 Å². The van der Waals surface area contributed by atoms with E-state index in [4.69, 9.17) is 0 Å². The Labute approximate surface area is 115 Å². The van der Waals surface area contributed by atoms with Gasteiger partial charge in [0.05, 0.1) is 0 Å². The van der Waals surface area contributed by atoms with Gasteiger partial charge in [0.1, 0.15) is 10.7 Å². The molecule has 0 fully saturated rings. The van der Waals surface area contributed by atoms with E-state index in [0.717, 1.165) is 4.31 Å². The number of nitrogens with one attached hydrogen (secondary N) is 1. The van der Waals surface area contributed by atoms with Crippen molar-refractivity contribution in [2.75, 3.05) is 20.6 Å². The van der Waals surface area contributed by atoms with E-state index in [9.17, 15) is 12.8 Å². The maximum Gasteiger partial charge on any atom is 0.245 e. The lowest BCUT2D eigenvalue weighted by atomic mass is 10.2. The second-order valence-corrected chi connectivity index (χ2v) is 6.76. The summed E-state index contributed by atoms with van der Waals surface area (Å²) in [5.41, 5.74) is 0.315. The Hall–Kier alpha value is -0.500. The number of nitrogens with zero attached hydrogens (tertiary/aromatic N) is 1. The Kier molecular flexibility index (Phi) is 5.27. The van der Waals surface area contributed by atoms with E-state index in [1.54, 1.807) is 20.0 Å². The normalized spacial score (nSPS) is 12.1. The highest BCUT2D eigenvalue weighted by Crippen LogP contribution is 2.26. The van der Waals surface area contributed by atoms with Crippen molar-refractivity contribution in [1.29, 1.82) is 0 Å². The topological polar surface area (TPSA) is 49.4 Å². The van der Waals surface area contributed by atoms with Crippen molar-refractivity contribution in [1.82, 2.24) is 9.62 Å². The molecule has 0 radical (unpaired) electrons. The summed E-state index contributed by atoms with van der Waals surface area (Å²) >= 11 is 3.20. The van der Waals surface area contributed by atoms with E-state index < -0.39 is 15.8 Å². The van der Waals surface area contributed by atoms with Gasteiger partial charge in [-0.15, -0.1) is 0 Å². The predicted octanol–water partition coefficient (Wildman–Crippen LogP) is 1.95. The fourth-order valence-corrected chi connectivity index (χ4v) is 3.43. The Morgan fingerprint density at radius 2 is 2.06 bits per heavy atom. The van der Waals surface area contributed by atoms with Crippen LogP contribution in [0.25, 0.3) is 0 Å². The minimum atomic E-state index is -3.78. The Bertz CT molecular complexity index is 534. The molecule has 18 heavy (non-hydrogen) atoms. The third kappa shape index (κ3) is 3.09. The summed E-state index contributed by atoms with van der Waals surface area (Å²) < 4.78 is 40.1. The molecular weight excluding hydrogens is 323 g/mol. The zero-order valence-electron chi connectivity index (χ0n) is 10.5. The molecule has 0 aromatic heterocycles. The standard InChI is InChI=1S/C11H16BrFN2O2S/c1-4-15(3)18(16,17)10-6-9(12)5-8(7-14-2)11(10)13/h5-6,14H,4,7H2,1-3H3. The molecule has 7 heteroatoms. The number of halogens is 2. The smallest absolute Gasteiger partial charge is 0.245 e. The van der Waals surface area contributed by atoms with Crippen LogP contribution in [0.4, 0.5) is 4.39 Å². The molecule has 0 spiro atoms. The van der Waals surface area contributed by atoms with Crippen LogP contribution in [-0.2, 0) is 16.6 Å². The highest BCUT2D eigenvalue weighted by molar-refractivity contribution is 9.10. The second-order valence-electron chi connectivity index (χ2n) is 3.83. The van der Waals surface area contributed by atoms with Gasteiger partial charge in [-0.3, -0.25) is 0 Å². The van der Waals surface area contributed by atoms with Gasteiger partial charge in [-0.05, 0) is 19.2 Å². The second kappa shape index (κ2) is 6.10. The molecule has 1 aromatic carbocycles. The van der Waals surface area contributed by atoms with E-state index >= 15 is 0 Å². The predicted molar refractivity (Wildman–Crippen MR) is 72.4 cm³/mol. The van der Waals surface area contributed by atoms with Gasteiger partial charge >= 0.3 is 0 Å². The third-order valence-electron chi connectivity index (χ3n) is 2.58. The van der Waals surface area contributed by atoms with E-state index in [2.05, 4.69) is 21.2 Å². The maximum atomic E-state index is 14.2. The van der Waals surface area contributed by atoms with Crippen LogP contribution < -0.4 is 5.32 Å². The van der Waals surface area contributed by atoms with Gasteiger partial charge in [0.15, 0.2) is 0 Å². The zero-order chi connectivity index (χ0) is 13.9. The van der Waals surface area contributed by atoms with E-state index in [1.165, 1.54) is 13.1 Å². The first kappa shape index (κ1) is 15.6. The zero-order valence-corrected chi connectivity index (χ0v) is 12.9. The molecule has 0 saturated carbocycles. The number of benzene rings is 1. The number of hydrogen-bond donors (Lipinski definition) is 1. The van der Waals surface area contributed by atoms with Gasteiger partial charge in [0.2, 0.25) is 10.0 Å². The van der Waals surface area contributed by atoms with E-state index in [0.29, 0.717) is 10.0 Å². The van der Waals surface area contributed by atoms with Crippen molar-refractivity contribution in [3.8, 4) is 0 Å². The van der Waals surface area contributed by atoms with Crippen molar-refractivity contribution >= 4 is 26.0 Å². The summed E-state index contributed by atoms with van der Waals surface area (Å²) in [6, 6.07) is 2.85. The van der Waals surface area contributed by atoms with Gasteiger partial charge in [0.25, 0.3) is 0 Å². The molecule has 4 nitrogen and oxygen atoms in total. The molecule has 0 unspecified atom stereocenters. The molecule has 102 valence electrons. The lowest BCUT2D eigenvalue weighted by molar-refractivity contribution is 0.475. The minimum absolute atomic E-state index is 0.267. The molecule has 0 aliphatic rings. The van der Waals surface area contributed by atoms with Crippen LogP contribution in [0.15, 0.2) is 21.5 Å². The van der Waals surface area contributed by atoms with Gasteiger partial charge in [-0.25, -0.2) is 17.1 Å². The number of hydrogen-bond acceptors (Lipinski definition) is 3. The van der Waals surface area contributed by atoms with Crippen LogP contribution in [0.5, 0.6) is 0 Å². The summed E-state index contributed by atoms with van der Waals surface area (Å²) in [5, 5.41) is 2.80. The first-order chi connectivity index (χ1) is 8.34. The molecular formula is C11H16BrFN2O2S. The van der Waals surface area contributed by atoms with Gasteiger partial charge in [-0.2, -0.15) is 0 Å². The Balaban J connectivity index is 3.41. The first-order valence-electron chi connectivity index (χ1n) is 5.43. The third-order valence-corrected chi connectivity index (χ3v) is 4.97. The Morgan fingerprint density at radius 3 is 2.56 bits per heavy atom. The molecule has 1 rings (SSSR count). The van der Waals surface area contributed by atoms with Gasteiger partial charge in [-0.1, -0.05) is 22.9 Å². The molecule has 0 aliphatic heterocycles. The van der Waals surface area contributed by atoms with Crippen LogP contribution in [0.1, 0.15) is 12.5 Å². The summed E-state index contributed by atoms with van der Waals surface area (Å²) in [5.74, 6) is -0.701. The molecule has 0 amide bonds. The first-order valence-corrected chi connectivity index (χ1v) is 7.66. The monoisotopic (exact) mass is 338 g/mol. The summed E-state index contributed by atoms with van der Waals surface area (Å²) in [4.78, 5) is -0.300. The van der Waals surface area contributed by atoms with Gasteiger partial charge in [0, 0.05) is 30.2 Å². The summed E-state index contributed by atoms with van der Waals surface area (Å²) in [6.07, 6.45) is 0. The van der Waals surface area contributed by atoms with E-state index in [-0.39, 0.29) is 18.0 Å². The largest absolute Gasteiger partial charge is 0.316 e.